The van der Waals surface area contributed by atoms with Gasteiger partial charge in [-0.1, -0.05) is 22.0 Å². The number of hydrogen-bond acceptors (Lipinski definition) is 4. The number of carbonyl (C=O) groups excluding carboxylic acids is 1. The zero-order chi connectivity index (χ0) is 19.0. The predicted octanol–water partition coefficient (Wildman–Crippen LogP) is 4.20. The number of ether oxygens (including phenoxy) is 2. The van der Waals surface area contributed by atoms with Gasteiger partial charge in [0, 0.05) is 29.0 Å². The molecule has 2 aromatic rings. The molecule has 4 rings (SSSR count). The van der Waals surface area contributed by atoms with Gasteiger partial charge in [0.2, 0.25) is 0 Å². The lowest BCUT2D eigenvalue weighted by molar-refractivity contribution is 0.0936. The molecule has 1 saturated heterocycles. The third kappa shape index (κ3) is 3.76. The fourth-order valence-corrected chi connectivity index (χ4v) is 4.84. The Labute approximate surface area is 168 Å². The lowest BCUT2D eigenvalue weighted by Crippen LogP contribution is -2.36. The molecular weight excluding hydrogens is 406 g/mol. The van der Waals surface area contributed by atoms with Gasteiger partial charge in [0.15, 0.2) is 5.78 Å². The van der Waals surface area contributed by atoms with Crippen LogP contribution in [0.4, 0.5) is 5.69 Å². The molecule has 0 saturated carbocycles. The van der Waals surface area contributed by atoms with Gasteiger partial charge >= 0.3 is 0 Å². The van der Waals surface area contributed by atoms with Crippen molar-refractivity contribution in [3.8, 4) is 5.75 Å². The van der Waals surface area contributed by atoms with E-state index >= 15 is 0 Å². The number of nitrogens with zero attached hydrogens (tertiary/aromatic N) is 1. The summed E-state index contributed by atoms with van der Waals surface area (Å²) in [5.74, 6) is 1.01. The van der Waals surface area contributed by atoms with E-state index < -0.39 is 0 Å². The summed E-state index contributed by atoms with van der Waals surface area (Å²) in [6.45, 7) is 5.24. The van der Waals surface area contributed by atoms with Crippen LogP contribution in [0.1, 0.15) is 27.0 Å². The van der Waals surface area contributed by atoms with Crippen LogP contribution in [-0.4, -0.2) is 39.2 Å². The second-order valence-electron chi connectivity index (χ2n) is 7.39. The molecule has 1 aliphatic heterocycles. The van der Waals surface area contributed by atoms with Crippen LogP contribution in [0.25, 0.3) is 0 Å². The Balaban J connectivity index is 1.61. The number of benzene rings is 2. The first kappa shape index (κ1) is 18.5. The molecule has 0 aromatic heterocycles. The first-order valence-electron chi connectivity index (χ1n) is 9.39. The highest BCUT2D eigenvalue weighted by atomic mass is 79.9. The van der Waals surface area contributed by atoms with Gasteiger partial charge in [-0.2, -0.15) is 0 Å². The van der Waals surface area contributed by atoms with E-state index in [2.05, 4.69) is 52.0 Å². The van der Waals surface area contributed by atoms with Crippen molar-refractivity contribution in [1.82, 2.24) is 0 Å². The van der Waals surface area contributed by atoms with E-state index in [4.69, 9.17) is 9.47 Å². The molecule has 1 atom stereocenters. The molecule has 1 aliphatic carbocycles. The predicted molar refractivity (Wildman–Crippen MR) is 110 cm³/mol. The van der Waals surface area contributed by atoms with E-state index in [0.717, 1.165) is 66.2 Å². The van der Waals surface area contributed by atoms with Crippen LogP contribution < -0.4 is 9.64 Å². The van der Waals surface area contributed by atoms with Gasteiger partial charge in [-0.3, -0.25) is 4.79 Å². The minimum atomic E-state index is -0.00153. The summed E-state index contributed by atoms with van der Waals surface area (Å²) < 4.78 is 12.1. The van der Waals surface area contributed by atoms with Gasteiger partial charge in [0.05, 0.1) is 26.0 Å². The highest BCUT2D eigenvalue weighted by Gasteiger charge is 2.32. The largest absolute Gasteiger partial charge is 0.495 e. The highest BCUT2D eigenvalue weighted by molar-refractivity contribution is 9.10. The number of rotatable bonds is 4. The molecule has 1 unspecified atom stereocenters. The van der Waals surface area contributed by atoms with Gasteiger partial charge in [-0.25, -0.2) is 0 Å². The van der Waals surface area contributed by atoms with E-state index in [-0.39, 0.29) is 11.7 Å². The Morgan fingerprint density at radius 2 is 1.96 bits per heavy atom. The SMILES string of the molecule is COc1cc2c(cc1N1CCOCC1)CC(Cc1cc(C)cc(Br)c1)C2=O. The van der Waals surface area contributed by atoms with E-state index in [9.17, 15) is 4.79 Å². The fraction of sp³-hybridized carbons (Fsp3) is 0.409. The first-order valence-corrected chi connectivity index (χ1v) is 10.2. The van der Waals surface area contributed by atoms with Gasteiger partial charge in [0.25, 0.3) is 0 Å². The number of fused-ring (bicyclic) bond motifs is 1. The van der Waals surface area contributed by atoms with Crippen LogP contribution in [-0.2, 0) is 17.6 Å². The van der Waals surface area contributed by atoms with Gasteiger partial charge in [0.1, 0.15) is 5.75 Å². The molecule has 0 bridgehead atoms. The second-order valence-corrected chi connectivity index (χ2v) is 8.30. The van der Waals surface area contributed by atoms with Crippen molar-refractivity contribution in [1.29, 1.82) is 0 Å². The molecule has 142 valence electrons. The number of hydrogen-bond donors (Lipinski definition) is 0. The summed E-state index contributed by atoms with van der Waals surface area (Å²) in [6.07, 6.45) is 1.56. The lowest BCUT2D eigenvalue weighted by atomic mass is 9.95. The summed E-state index contributed by atoms with van der Waals surface area (Å²) in [6, 6.07) is 10.5. The van der Waals surface area contributed by atoms with Crippen LogP contribution in [0.2, 0.25) is 0 Å². The molecule has 27 heavy (non-hydrogen) atoms. The maximum atomic E-state index is 13.0. The van der Waals surface area contributed by atoms with Crippen molar-refractivity contribution in [2.45, 2.75) is 19.8 Å². The van der Waals surface area contributed by atoms with Crippen LogP contribution in [0, 0.1) is 12.8 Å². The molecule has 1 fully saturated rings. The normalized spacial score (nSPS) is 19.3. The number of Topliss-reactive ketones (excluding diaryl/α,β-unsaturated/α-hetero) is 1. The maximum Gasteiger partial charge on any atom is 0.167 e. The summed E-state index contributed by atoms with van der Waals surface area (Å²) in [7, 11) is 1.67. The minimum absolute atomic E-state index is 0.00153. The Morgan fingerprint density at radius 1 is 1.19 bits per heavy atom. The third-order valence-corrected chi connectivity index (χ3v) is 5.90. The number of morpholine rings is 1. The molecule has 2 aromatic carbocycles. The number of ketones is 1. The van der Waals surface area contributed by atoms with Crippen molar-refractivity contribution in [3.63, 3.8) is 0 Å². The number of halogens is 1. The molecule has 0 spiro atoms. The van der Waals surface area contributed by atoms with Crippen molar-refractivity contribution in [2.75, 3.05) is 38.3 Å². The maximum absolute atomic E-state index is 13.0. The Morgan fingerprint density at radius 3 is 2.67 bits per heavy atom. The average Bonchev–Trinajstić information content (AvgIpc) is 2.95. The molecular formula is C22H24BrNO3. The number of carbonyl (C=O) groups is 1. The Bertz CT molecular complexity index is 854. The zero-order valence-corrected chi connectivity index (χ0v) is 17.3. The summed E-state index contributed by atoms with van der Waals surface area (Å²) in [5, 5.41) is 0. The summed E-state index contributed by atoms with van der Waals surface area (Å²) in [5.41, 5.74) is 5.44. The highest BCUT2D eigenvalue weighted by Crippen LogP contribution is 2.38. The van der Waals surface area contributed by atoms with Crippen molar-refractivity contribution in [3.05, 3.63) is 57.1 Å². The van der Waals surface area contributed by atoms with E-state index in [0.29, 0.717) is 0 Å². The molecule has 4 nitrogen and oxygen atoms in total. The molecule has 0 radical (unpaired) electrons. The van der Waals surface area contributed by atoms with Crippen LogP contribution in [0.15, 0.2) is 34.8 Å². The number of anilines is 1. The molecule has 5 heteroatoms. The topological polar surface area (TPSA) is 38.8 Å². The van der Waals surface area contributed by atoms with Crippen molar-refractivity contribution >= 4 is 27.4 Å². The second kappa shape index (κ2) is 7.64. The first-order chi connectivity index (χ1) is 13.0. The smallest absolute Gasteiger partial charge is 0.167 e. The van der Waals surface area contributed by atoms with Crippen LogP contribution in [0.3, 0.4) is 0 Å². The van der Waals surface area contributed by atoms with Crippen LogP contribution >= 0.6 is 15.9 Å². The third-order valence-electron chi connectivity index (χ3n) is 5.44. The molecule has 0 N–H and O–H groups in total. The van der Waals surface area contributed by atoms with E-state index in [1.54, 1.807) is 7.11 Å². The standard InChI is InChI=1S/C22H24BrNO3/c1-14-7-15(10-18(23)8-14)9-17-11-16-12-20(24-3-5-27-6-4-24)21(26-2)13-19(16)22(17)25/h7-8,10,12-13,17H,3-6,9,11H2,1-2H3. The molecule has 0 amide bonds. The average molecular weight is 430 g/mol. The Hall–Kier alpha value is -1.85. The fourth-order valence-electron chi connectivity index (χ4n) is 4.18. The van der Waals surface area contributed by atoms with Crippen molar-refractivity contribution in [2.24, 2.45) is 5.92 Å². The minimum Gasteiger partial charge on any atom is -0.495 e. The van der Waals surface area contributed by atoms with E-state index in [1.807, 2.05) is 6.07 Å². The lowest BCUT2D eigenvalue weighted by Gasteiger charge is -2.30. The molecule has 1 heterocycles. The quantitative estimate of drug-likeness (QED) is 0.729. The zero-order valence-electron chi connectivity index (χ0n) is 15.8. The summed E-state index contributed by atoms with van der Waals surface area (Å²) >= 11 is 3.56. The van der Waals surface area contributed by atoms with E-state index in [1.165, 1.54) is 11.1 Å². The van der Waals surface area contributed by atoms with Crippen molar-refractivity contribution < 1.29 is 14.3 Å². The van der Waals surface area contributed by atoms with Crippen LogP contribution in [0.5, 0.6) is 5.75 Å². The number of aryl methyl sites for hydroxylation is 1. The van der Waals surface area contributed by atoms with Gasteiger partial charge < -0.3 is 14.4 Å². The number of methoxy groups -OCH3 is 1. The monoisotopic (exact) mass is 429 g/mol. The molecule has 2 aliphatic rings. The van der Waals surface area contributed by atoms with Gasteiger partial charge in [-0.05, 0) is 60.7 Å². The summed E-state index contributed by atoms with van der Waals surface area (Å²) in [4.78, 5) is 15.3. The van der Waals surface area contributed by atoms with Gasteiger partial charge in [-0.15, -0.1) is 0 Å². The Kier molecular flexibility index (Phi) is 5.24.